The molecule has 0 saturated heterocycles. The van der Waals surface area contributed by atoms with Crippen molar-refractivity contribution in [2.45, 2.75) is 17.9 Å². The van der Waals surface area contributed by atoms with Gasteiger partial charge in [-0.2, -0.15) is 0 Å². The van der Waals surface area contributed by atoms with Crippen LogP contribution in [0, 0.1) is 6.92 Å². The van der Waals surface area contributed by atoms with Crippen LogP contribution >= 0.6 is 11.8 Å². The van der Waals surface area contributed by atoms with E-state index in [2.05, 4.69) is 41.4 Å². The van der Waals surface area contributed by atoms with E-state index in [9.17, 15) is 0 Å². The third kappa shape index (κ3) is 3.31. The first-order valence-corrected chi connectivity index (χ1v) is 7.90. The molecule has 4 nitrogen and oxygen atoms in total. The van der Waals surface area contributed by atoms with Gasteiger partial charge in [-0.15, -0.1) is 10.2 Å². The number of aryl methyl sites for hydroxylation is 1. The fourth-order valence-electron chi connectivity index (χ4n) is 2.03. The van der Waals surface area contributed by atoms with Gasteiger partial charge in [0.1, 0.15) is 5.75 Å². The third-order valence-electron chi connectivity index (χ3n) is 3.23. The van der Waals surface area contributed by atoms with Crippen molar-refractivity contribution in [2.75, 3.05) is 7.11 Å². The van der Waals surface area contributed by atoms with Crippen LogP contribution in [0.1, 0.15) is 11.1 Å². The van der Waals surface area contributed by atoms with Gasteiger partial charge in [-0.3, -0.25) is 0 Å². The predicted molar refractivity (Wildman–Crippen MR) is 87.0 cm³/mol. The molecule has 0 fully saturated rings. The maximum Gasteiger partial charge on any atom is 0.277 e. The molecule has 0 aliphatic carbocycles. The normalized spacial score (nSPS) is 10.6. The van der Waals surface area contributed by atoms with Crippen LogP contribution < -0.4 is 4.74 Å². The number of ether oxygens (including phenoxy) is 1. The predicted octanol–water partition coefficient (Wildman–Crippen LogP) is 4.35. The Morgan fingerprint density at radius 1 is 1.05 bits per heavy atom. The van der Waals surface area contributed by atoms with Crippen LogP contribution in [0.25, 0.3) is 11.5 Å². The van der Waals surface area contributed by atoms with Crippen LogP contribution in [0.5, 0.6) is 5.75 Å². The summed E-state index contributed by atoms with van der Waals surface area (Å²) in [6.45, 7) is 2.08. The zero-order valence-corrected chi connectivity index (χ0v) is 13.3. The lowest BCUT2D eigenvalue weighted by molar-refractivity contribution is 0.411. The highest BCUT2D eigenvalue weighted by atomic mass is 32.2. The van der Waals surface area contributed by atoms with E-state index in [1.807, 2.05) is 24.3 Å². The third-order valence-corrected chi connectivity index (χ3v) is 4.12. The van der Waals surface area contributed by atoms with Crippen LogP contribution in [0.3, 0.4) is 0 Å². The van der Waals surface area contributed by atoms with Gasteiger partial charge >= 0.3 is 0 Å². The molecule has 0 atom stereocenters. The second kappa shape index (κ2) is 6.66. The van der Waals surface area contributed by atoms with Crippen LogP contribution in [0.2, 0.25) is 0 Å². The maximum atomic E-state index is 5.72. The Kier molecular flexibility index (Phi) is 4.44. The molecule has 0 N–H and O–H groups in total. The fraction of sp³-hybridized carbons (Fsp3) is 0.176. The van der Waals surface area contributed by atoms with Gasteiger partial charge in [0.25, 0.3) is 11.1 Å². The topological polar surface area (TPSA) is 48.2 Å². The number of methoxy groups -OCH3 is 1. The highest BCUT2D eigenvalue weighted by molar-refractivity contribution is 7.98. The van der Waals surface area contributed by atoms with Crippen LogP contribution in [0.15, 0.2) is 58.2 Å². The van der Waals surface area contributed by atoms with Crippen LogP contribution in [-0.2, 0) is 5.75 Å². The monoisotopic (exact) mass is 312 g/mol. The van der Waals surface area contributed by atoms with E-state index < -0.39 is 0 Å². The van der Waals surface area contributed by atoms with E-state index in [4.69, 9.17) is 9.15 Å². The lowest BCUT2D eigenvalue weighted by Crippen LogP contribution is -1.87. The van der Waals surface area contributed by atoms with Crippen molar-refractivity contribution in [1.29, 1.82) is 0 Å². The van der Waals surface area contributed by atoms with Crippen molar-refractivity contribution in [3.05, 3.63) is 59.7 Å². The molecule has 22 heavy (non-hydrogen) atoms. The van der Waals surface area contributed by atoms with E-state index in [0.29, 0.717) is 11.1 Å². The molecule has 3 rings (SSSR count). The van der Waals surface area contributed by atoms with Gasteiger partial charge in [0.05, 0.1) is 12.7 Å². The molecule has 0 spiro atoms. The molecule has 0 saturated carbocycles. The minimum absolute atomic E-state index is 0.476. The number of benzene rings is 2. The minimum atomic E-state index is 0.476. The molecule has 0 aliphatic heterocycles. The Balaban J connectivity index is 1.72. The fourth-order valence-corrected chi connectivity index (χ4v) is 2.75. The van der Waals surface area contributed by atoms with E-state index in [-0.39, 0.29) is 0 Å². The molecule has 1 heterocycles. The summed E-state index contributed by atoms with van der Waals surface area (Å²) in [4.78, 5) is 0. The molecule has 0 radical (unpaired) electrons. The summed E-state index contributed by atoms with van der Waals surface area (Å²) in [5.41, 5.74) is 3.29. The van der Waals surface area contributed by atoms with E-state index in [0.717, 1.165) is 17.1 Å². The molecule has 3 aromatic rings. The van der Waals surface area contributed by atoms with Crippen molar-refractivity contribution in [2.24, 2.45) is 0 Å². The summed E-state index contributed by atoms with van der Waals surface area (Å²) < 4.78 is 11.0. The molecule has 0 amide bonds. The van der Waals surface area contributed by atoms with Gasteiger partial charge in [0, 0.05) is 5.75 Å². The average molecular weight is 312 g/mol. The number of aromatic nitrogens is 2. The number of para-hydroxylation sites is 1. The zero-order valence-electron chi connectivity index (χ0n) is 12.4. The molecule has 1 aromatic heterocycles. The molecule has 2 aromatic carbocycles. The Morgan fingerprint density at radius 3 is 2.59 bits per heavy atom. The lowest BCUT2D eigenvalue weighted by atomic mass is 10.2. The quantitative estimate of drug-likeness (QED) is 0.656. The standard InChI is InChI=1S/C17H16N2O2S/c1-12-7-9-13(10-8-12)11-22-17-19-18-16(21-17)14-5-3-4-6-15(14)20-2/h3-10H,11H2,1-2H3. The van der Waals surface area contributed by atoms with E-state index in [1.165, 1.54) is 22.9 Å². The summed E-state index contributed by atoms with van der Waals surface area (Å²) in [6, 6.07) is 16.0. The molecular formula is C17H16N2O2S. The number of hydrogen-bond acceptors (Lipinski definition) is 5. The Bertz CT molecular complexity index is 753. The van der Waals surface area contributed by atoms with Crippen LogP contribution in [-0.4, -0.2) is 17.3 Å². The largest absolute Gasteiger partial charge is 0.496 e. The van der Waals surface area contributed by atoms with Crippen molar-refractivity contribution in [1.82, 2.24) is 10.2 Å². The van der Waals surface area contributed by atoms with Gasteiger partial charge in [-0.25, -0.2) is 0 Å². The second-order valence-corrected chi connectivity index (χ2v) is 5.77. The zero-order chi connectivity index (χ0) is 15.4. The Morgan fingerprint density at radius 2 is 1.82 bits per heavy atom. The summed E-state index contributed by atoms with van der Waals surface area (Å²) in [6.07, 6.45) is 0. The molecule has 0 bridgehead atoms. The summed E-state index contributed by atoms with van der Waals surface area (Å²) >= 11 is 1.53. The van der Waals surface area contributed by atoms with Gasteiger partial charge < -0.3 is 9.15 Å². The highest BCUT2D eigenvalue weighted by Crippen LogP contribution is 2.31. The molecular weight excluding hydrogens is 296 g/mol. The first kappa shape index (κ1) is 14.7. The molecule has 0 unspecified atom stereocenters. The van der Waals surface area contributed by atoms with Crippen molar-refractivity contribution in [3.63, 3.8) is 0 Å². The summed E-state index contributed by atoms with van der Waals surface area (Å²) in [5.74, 6) is 2.00. The average Bonchev–Trinajstić information content (AvgIpc) is 3.03. The van der Waals surface area contributed by atoms with Gasteiger partial charge in [0.15, 0.2) is 0 Å². The number of rotatable bonds is 5. The summed E-state index contributed by atoms with van der Waals surface area (Å²) in [5, 5.41) is 8.75. The van der Waals surface area contributed by atoms with Gasteiger partial charge in [-0.05, 0) is 24.6 Å². The van der Waals surface area contributed by atoms with Crippen molar-refractivity contribution >= 4 is 11.8 Å². The van der Waals surface area contributed by atoms with Gasteiger partial charge in [0.2, 0.25) is 0 Å². The smallest absolute Gasteiger partial charge is 0.277 e. The van der Waals surface area contributed by atoms with E-state index in [1.54, 1.807) is 7.11 Å². The minimum Gasteiger partial charge on any atom is -0.496 e. The highest BCUT2D eigenvalue weighted by Gasteiger charge is 2.13. The van der Waals surface area contributed by atoms with Crippen molar-refractivity contribution < 1.29 is 9.15 Å². The molecule has 0 aliphatic rings. The molecule has 5 heteroatoms. The lowest BCUT2D eigenvalue weighted by Gasteiger charge is -2.03. The van der Waals surface area contributed by atoms with Gasteiger partial charge in [-0.1, -0.05) is 53.7 Å². The number of hydrogen-bond donors (Lipinski definition) is 0. The Hall–Kier alpha value is -2.27. The van der Waals surface area contributed by atoms with E-state index >= 15 is 0 Å². The Labute approximate surface area is 133 Å². The van der Waals surface area contributed by atoms with Crippen LogP contribution in [0.4, 0.5) is 0 Å². The van der Waals surface area contributed by atoms with Crippen molar-refractivity contribution in [3.8, 4) is 17.2 Å². The second-order valence-electron chi connectivity index (χ2n) is 4.85. The first-order valence-electron chi connectivity index (χ1n) is 6.91. The SMILES string of the molecule is COc1ccccc1-c1nnc(SCc2ccc(C)cc2)o1. The number of nitrogens with zero attached hydrogens (tertiary/aromatic N) is 2. The first-order chi connectivity index (χ1) is 10.8. The maximum absolute atomic E-state index is 5.72. The molecule has 112 valence electrons. The summed E-state index contributed by atoms with van der Waals surface area (Å²) in [7, 11) is 1.63. The number of thioether (sulfide) groups is 1.